The molecular weight excluding hydrogens is 333 g/mol. The molecule has 0 radical (unpaired) electrons. The first kappa shape index (κ1) is 15.9. The van der Waals surface area contributed by atoms with E-state index in [1.807, 2.05) is 0 Å². The van der Waals surface area contributed by atoms with Crippen LogP contribution >= 0.6 is 11.6 Å². The van der Waals surface area contributed by atoms with Crippen molar-refractivity contribution in [3.05, 3.63) is 40.9 Å². The third kappa shape index (κ3) is 2.22. The topological polar surface area (TPSA) is 40.6 Å². The maximum Gasteiger partial charge on any atom is 0.406 e. The molecule has 1 aromatic carbocycles. The Kier molecular flexibility index (Phi) is 3.44. The van der Waals surface area contributed by atoms with E-state index in [1.54, 1.807) is 12.1 Å². The van der Waals surface area contributed by atoms with Gasteiger partial charge >= 0.3 is 6.18 Å². The van der Waals surface area contributed by atoms with Crippen molar-refractivity contribution < 1.29 is 22.8 Å². The van der Waals surface area contributed by atoms with Crippen molar-refractivity contribution >= 4 is 29.1 Å². The van der Waals surface area contributed by atoms with Crippen LogP contribution in [-0.2, 0) is 15.1 Å². The summed E-state index contributed by atoms with van der Waals surface area (Å²) >= 11 is 6.19. The van der Waals surface area contributed by atoms with Crippen molar-refractivity contribution in [2.45, 2.75) is 18.1 Å². The summed E-state index contributed by atoms with van der Waals surface area (Å²) in [6.45, 7) is -1.51. The summed E-state index contributed by atoms with van der Waals surface area (Å²) < 4.78 is 38.9. The van der Waals surface area contributed by atoms with E-state index in [0.29, 0.717) is 10.6 Å². The van der Waals surface area contributed by atoms with E-state index < -0.39 is 30.1 Å². The van der Waals surface area contributed by atoms with E-state index in [9.17, 15) is 22.8 Å². The molecule has 1 unspecified atom stereocenters. The minimum atomic E-state index is -4.63. The molecule has 0 aromatic heterocycles. The van der Waals surface area contributed by atoms with Crippen LogP contribution in [0.1, 0.15) is 12.0 Å². The first-order valence-electron chi connectivity index (χ1n) is 6.80. The number of fused-ring (bicyclic) bond motifs is 2. The average molecular weight is 345 g/mol. The van der Waals surface area contributed by atoms with Crippen molar-refractivity contribution in [1.82, 2.24) is 4.90 Å². The first-order valence-corrected chi connectivity index (χ1v) is 7.18. The standard InChI is InChI=1S/C15H12ClF3N2O2/c1-20-10-5-2-4-9(16)12(10)14(13(20)23)7-3-6-11(22)21(14)8-15(17,18)19/h2-6H,7-8H2,1H3. The quantitative estimate of drug-likeness (QED) is 0.786. The van der Waals surface area contributed by atoms with Crippen LogP contribution < -0.4 is 4.90 Å². The second-order valence-corrected chi connectivity index (χ2v) is 5.91. The highest BCUT2D eigenvalue weighted by Crippen LogP contribution is 2.50. The molecule has 2 aliphatic rings. The number of carbonyl (C=O) groups excluding carboxylic acids is 2. The second kappa shape index (κ2) is 4.99. The molecule has 8 heteroatoms. The van der Waals surface area contributed by atoms with E-state index >= 15 is 0 Å². The maximum atomic E-state index is 13.0. The van der Waals surface area contributed by atoms with Crippen molar-refractivity contribution in [1.29, 1.82) is 0 Å². The van der Waals surface area contributed by atoms with Crippen LogP contribution in [0.4, 0.5) is 18.9 Å². The molecule has 3 rings (SSSR count). The van der Waals surface area contributed by atoms with E-state index in [0.717, 1.165) is 6.08 Å². The lowest BCUT2D eigenvalue weighted by Gasteiger charge is -2.41. The normalized spacial score (nSPS) is 23.9. The van der Waals surface area contributed by atoms with Gasteiger partial charge in [-0.2, -0.15) is 13.2 Å². The molecule has 0 fully saturated rings. The summed E-state index contributed by atoms with van der Waals surface area (Å²) in [6, 6.07) is 4.71. The molecule has 1 aromatic rings. The van der Waals surface area contributed by atoms with Gasteiger partial charge in [-0.25, -0.2) is 0 Å². The third-order valence-electron chi connectivity index (χ3n) is 4.16. The Hall–Kier alpha value is -2.02. The number of halogens is 4. The maximum absolute atomic E-state index is 13.0. The highest BCUT2D eigenvalue weighted by molar-refractivity contribution is 6.33. The minimum Gasteiger partial charge on any atom is -0.313 e. The molecule has 122 valence electrons. The van der Waals surface area contributed by atoms with Crippen LogP contribution in [-0.4, -0.2) is 36.5 Å². The van der Waals surface area contributed by atoms with Gasteiger partial charge in [0.1, 0.15) is 6.54 Å². The number of likely N-dealkylation sites (N-methyl/N-ethyl adjacent to an activating group) is 1. The van der Waals surface area contributed by atoms with Crippen LogP contribution in [0.25, 0.3) is 0 Å². The smallest absolute Gasteiger partial charge is 0.313 e. The summed E-state index contributed by atoms with van der Waals surface area (Å²) in [5.74, 6) is -1.45. The Bertz CT molecular complexity index is 732. The Morgan fingerprint density at radius 3 is 2.65 bits per heavy atom. The number of hydrogen-bond donors (Lipinski definition) is 0. The van der Waals surface area contributed by atoms with Gasteiger partial charge in [0.2, 0.25) is 5.91 Å². The number of benzene rings is 1. The number of anilines is 1. The second-order valence-electron chi connectivity index (χ2n) is 5.50. The number of amides is 2. The summed E-state index contributed by atoms with van der Waals surface area (Å²) in [5.41, 5.74) is -1.09. The number of hydrogen-bond acceptors (Lipinski definition) is 2. The van der Waals surface area contributed by atoms with Gasteiger partial charge in [-0.1, -0.05) is 23.7 Å². The van der Waals surface area contributed by atoms with E-state index in [4.69, 9.17) is 11.6 Å². The van der Waals surface area contributed by atoms with Gasteiger partial charge in [0, 0.05) is 24.1 Å². The molecule has 0 saturated carbocycles. The molecule has 0 N–H and O–H groups in total. The van der Waals surface area contributed by atoms with Crippen molar-refractivity contribution in [3.8, 4) is 0 Å². The van der Waals surface area contributed by atoms with Gasteiger partial charge in [-0.3, -0.25) is 9.59 Å². The Labute approximate surface area is 135 Å². The van der Waals surface area contributed by atoms with E-state index in [-0.39, 0.29) is 17.0 Å². The fourth-order valence-electron chi connectivity index (χ4n) is 3.25. The first-order chi connectivity index (χ1) is 10.7. The summed E-state index contributed by atoms with van der Waals surface area (Å²) in [7, 11) is 1.46. The minimum absolute atomic E-state index is 0.0469. The summed E-state index contributed by atoms with van der Waals surface area (Å²) in [4.78, 5) is 26.8. The van der Waals surface area contributed by atoms with E-state index in [2.05, 4.69) is 0 Å². The van der Waals surface area contributed by atoms with Crippen molar-refractivity contribution in [3.63, 3.8) is 0 Å². The summed E-state index contributed by atoms with van der Waals surface area (Å²) in [6.07, 6.45) is -2.20. The lowest BCUT2D eigenvalue weighted by molar-refractivity contribution is -0.174. The molecule has 0 aliphatic carbocycles. The van der Waals surface area contributed by atoms with Crippen LogP contribution in [0, 0.1) is 0 Å². The lowest BCUT2D eigenvalue weighted by atomic mass is 9.83. The predicted octanol–water partition coefficient (Wildman–Crippen LogP) is 2.86. The van der Waals surface area contributed by atoms with Crippen LogP contribution in [0.15, 0.2) is 30.4 Å². The van der Waals surface area contributed by atoms with E-state index in [1.165, 1.54) is 24.1 Å². The van der Waals surface area contributed by atoms with Crippen LogP contribution in [0.3, 0.4) is 0 Å². The van der Waals surface area contributed by atoms with Gasteiger partial charge < -0.3 is 9.80 Å². The van der Waals surface area contributed by atoms with Crippen LogP contribution in [0.2, 0.25) is 5.02 Å². The van der Waals surface area contributed by atoms with Gasteiger partial charge in [-0.05, 0) is 18.2 Å². The largest absolute Gasteiger partial charge is 0.406 e. The van der Waals surface area contributed by atoms with Gasteiger partial charge in [0.05, 0.1) is 5.69 Å². The van der Waals surface area contributed by atoms with Gasteiger partial charge in [0.15, 0.2) is 5.54 Å². The fourth-order valence-corrected chi connectivity index (χ4v) is 3.57. The monoisotopic (exact) mass is 344 g/mol. The predicted molar refractivity (Wildman–Crippen MR) is 78.1 cm³/mol. The molecule has 0 saturated heterocycles. The van der Waals surface area contributed by atoms with Gasteiger partial charge in [0.25, 0.3) is 5.91 Å². The molecule has 1 atom stereocenters. The van der Waals surface area contributed by atoms with Crippen molar-refractivity contribution in [2.24, 2.45) is 0 Å². The van der Waals surface area contributed by atoms with Gasteiger partial charge in [-0.15, -0.1) is 0 Å². The molecule has 23 heavy (non-hydrogen) atoms. The Morgan fingerprint density at radius 2 is 2.00 bits per heavy atom. The highest BCUT2D eigenvalue weighted by atomic mass is 35.5. The number of carbonyl (C=O) groups is 2. The zero-order chi connectivity index (χ0) is 17.0. The average Bonchev–Trinajstić information content (AvgIpc) is 2.66. The highest BCUT2D eigenvalue weighted by Gasteiger charge is 2.58. The molecule has 2 amide bonds. The molecule has 4 nitrogen and oxygen atoms in total. The molecular formula is C15H12ClF3N2O2. The molecule has 2 heterocycles. The molecule has 2 aliphatic heterocycles. The van der Waals surface area contributed by atoms with Crippen LogP contribution in [0.5, 0.6) is 0 Å². The Morgan fingerprint density at radius 1 is 1.30 bits per heavy atom. The number of alkyl halides is 3. The summed E-state index contributed by atoms with van der Waals surface area (Å²) in [5, 5.41) is 0.162. The molecule has 0 bridgehead atoms. The Balaban J connectivity index is 2.25. The zero-order valence-electron chi connectivity index (χ0n) is 12.0. The molecule has 1 spiro atoms. The third-order valence-corrected chi connectivity index (χ3v) is 4.48. The lowest BCUT2D eigenvalue weighted by Crippen LogP contribution is -2.58. The number of nitrogens with zero attached hydrogens (tertiary/aromatic N) is 2. The zero-order valence-corrected chi connectivity index (χ0v) is 12.8. The fraction of sp³-hybridized carbons (Fsp3) is 0.333. The number of rotatable bonds is 1. The van der Waals surface area contributed by atoms with Crippen molar-refractivity contribution in [2.75, 3.05) is 18.5 Å². The SMILES string of the molecule is CN1C(=O)C2(CC=CC(=O)N2CC(F)(F)F)c2c(Cl)cccc21.